The molecule has 19 heavy (non-hydrogen) atoms. The van der Waals surface area contributed by atoms with E-state index in [4.69, 9.17) is 4.52 Å². The van der Waals surface area contributed by atoms with Crippen molar-refractivity contribution >= 4 is 5.91 Å². The summed E-state index contributed by atoms with van der Waals surface area (Å²) in [5.41, 5.74) is 1.73. The summed E-state index contributed by atoms with van der Waals surface area (Å²) in [5.74, 6) is 1.39. The van der Waals surface area contributed by atoms with Gasteiger partial charge in [0.1, 0.15) is 5.76 Å². The highest BCUT2D eigenvalue weighted by atomic mass is 16.5. The summed E-state index contributed by atoms with van der Waals surface area (Å²) in [6, 6.07) is 0. The van der Waals surface area contributed by atoms with Gasteiger partial charge in [0.2, 0.25) is 5.91 Å². The van der Waals surface area contributed by atoms with Gasteiger partial charge in [0.15, 0.2) is 0 Å². The fraction of sp³-hybridized carbons (Fsp3) is 0.714. The van der Waals surface area contributed by atoms with Gasteiger partial charge >= 0.3 is 0 Å². The molecule has 1 saturated heterocycles. The van der Waals surface area contributed by atoms with E-state index in [1.54, 1.807) is 0 Å². The molecule has 5 nitrogen and oxygen atoms in total. The van der Waals surface area contributed by atoms with Crippen LogP contribution in [0.3, 0.4) is 0 Å². The summed E-state index contributed by atoms with van der Waals surface area (Å²) in [5, 5.41) is 6.89. The molecule has 5 heteroatoms. The van der Waals surface area contributed by atoms with E-state index in [1.807, 2.05) is 13.8 Å². The number of rotatable bonds is 5. The molecule has 2 rings (SSSR count). The van der Waals surface area contributed by atoms with E-state index >= 15 is 0 Å². The van der Waals surface area contributed by atoms with Gasteiger partial charge in [0, 0.05) is 18.7 Å². The fourth-order valence-electron chi connectivity index (χ4n) is 2.60. The van der Waals surface area contributed by atoms with Gasteiger partial charge < -0.3 is 14.7 Å². The Labute approximate surface area is 114 Å². The lowest BCUT2D eigenvalue weighted by Crippen LogP contribution is -2.32. The Kier molecular flexibility index (Phi) is 4.58. The third-order valence-electron chi connectivity index (χ3n) is 3.92. The highest BCUT2D eigenvalue weighted by Gasteiger charge is 2.21. The smallest absolute Gasteiger partial charge is 0.224 e. The quantitative estimate of drug-likeness (QED) is 0.871. The summed E-state index contributed by atoms with van der Waals surface area (Å²) in [4.78, 5) is 14.4. The monoisotopic (exact) mass is 265 g/mol. The van der Waals surface area contributed by atoms with E-state index < -0.39 is 0 Å². The molecule has 0 bridgehead atoms. The summed E-state index contributed by atoms with van der Waals surface area (Å²) in [6.45, 7) is 10.0. The Hall–Kier alpha value is -1.36. The lowest BCUT2D eigenvalue weighted by molar-refractivity contribution is -0.120. The molecular formula is C14H23N3O2. The van der Waals surface area contributed by atoms with E-state index in [2.05, 4.69) is 22.3 Å². The van der Waals surface area contributed by atoms with Crippen molar-refractivity contribution in [3.05, 3.63) is 17.0 Å². The van der Waals surface area contributed by atoms with Gasteiger partial charge in [-0.1, -0.05) is 12.1 Å². The first-order valence-corrected chi connectivity index (χ1v) is 7.01. The maximum Gasteiger partial charge on any atom is 0.224 e. The predicted molar refractivity (Wildman–Crippen MR) is 72.9 cm³/mol. The first-order valence-electron chi connectivity index (χ1n) is 7.01. The maximum absolute atomic E-state index is 11.9. The number of carbonyl (C=O) groups excluding carboxylic acids is 1. The molecule has 1 atom stereocenters. The van der Waals surface area contributed by atoms with Crippen molar-refractivity contribution in [3.8, 4) is 0 Å². The second kappa shape index (κ2) is 6.19. The van der Waals surface area contributed by atoms with Crippen LogP contribution in [0, 0.1) is 19.8 Å². The van der Waals surface area contributed by atoms with Crippen molar-refractivity contribution in [2.45, 2.75) is 33.6 Å². The van der Waals surface area contributed by atoms with Crippen LogP contribution < -0.4 is 5.32 Å². The third kappa shape index (κ3) is 3.56. The molecule has 1 fully saturated rings. The van der Waals surface area contributed by atoms with E-state index in [0.717, 1.165) is 43.2 Å². The van der Waals surface area contributed by atoms with E-state index in [1.165, 1.54) is 6.42 Å². The van der Waals surface area contributed by atoms with Gasteiger partial charge in [-0.2, -0.15) is 0 Å². The van der Waals surface area contributed by atoms with Crippen molar-refractivity contribution in [1.82, 2.24) is 15.4 Å². The molecule has 106 valence electrons. The van der Waals surface area contributed by atoms with Gasteiger partial charge in [-0.15, -0.1) is 0 Å². The van der Waals surface area contributed by atoms with E-state index in [-0.39, 0.29) is 5.91 Å². The number of hydrogen-bond donors (Lipinski definition) is 1. The molecular weight excluding hydrogens is 242 g/mol. The van der Waals surface area contributed by atoms with Gasteiger partial charge in [-0.25, -0.2) is 0 Å². The summed E-state index contributed by atoms with van der Waals surface area (Å²) in [6.07, 6.45) is 1.55. The van der Waals surface area contributed by atoms with Crippen molar-refractivity contribution in [1.29, 1.82) is 0 Å². The Morgan fingerprint density at radius 3 is 2.89 bits per heavy atom. The topological polar surface area (TPSA) is 58.4 Å². The average Bonchev–Trinajstić information content (AvgIpc) is 2.98. The molecule has 1 aromatic rings. The Morgan fingerprint density at radius 2 is 2.32 bits per heavy atom. The molecule has 0 unspecified atom stereocenters. The van der Waals surface area contributed by atoms with Crippen molar-refractivity contribution < 1.29 is 9.32 Å². The summed E-state index contributed by atoms with van der Waals surface area (Å²) >= 11 is 0. The van der Waals surface area contributed by atoms with Crippen LogP contribution >= 0.6 is 0 Å². The molecule has 2 heterocycles. The van der Waals surface area contributed by atoms with Crippen LogP contribution in [0.4, 0.5) is 0 Å². The normalized spacial score (nSPS) is 19.8. The Balaban J connectivity index is 1.76. The Bertz CT molecular complexity index is 422. The fourth-order valence-corrected chi connectivity index (χ4v) is 2.60. The lowest BCUT2D eigenvalue weighted by Gasteiger charge is -2.13. The molecule has 1 aromatic heterocycles. The van der Waals surface area contributed by atoms with Crippen LogP contribution in [0.25, 0.3) is 0 Å². The average molecular weight is 265 g/mol. The van der Waals surface area contributed by atoms with Crippen LogP contribution in [0.1, 0.15) is 30.4 Å². The number of likely N-dealkylation sites (tertiary alicyclic amines) is 1. The van der Waals surface area contributed by atoms with Gasteiger partial charge in [0.25, 0.3) is 0 Å². The van der Waals surface area contributed by atoms with Crippen LogP contribution in [-0.4, -0.2) is 42.1 Å². The van der Waals surface area contributed by atoms with Crippen LogP contribution in [0.5, 0.6) is 0 Å². The molecule has 0 radical (unpaired) electrons. The highest BCUT2D eigenvalue weighted by molar-refractivity contribution is 5.78. The lowest BCUT2D eigenvalue weighted by atomic mass is 10.1. The second-order valence-electron chi connectivity index (χ2n) is 5.33. The number of aryl methyl sites for hydroxylation is 2. The molecule has 0 aliphatic carbocycles. The SMILES string of the molecule is CCN1CC[C@H](CNC(=O)Cc2c(C)noc2C)C1. The van der Waals surface area contributed by atoms with E-state index in [9.17, 15) is 4.79 Å². The van der Waals surface area contributed by atoms with E-state index in [0.29, 0.717) is 12.3 Å². The predicted octanol–water partition coefficient (Wildman–Crippen LogP) is 1.29. The standard InChI is InChI=1S/C14H23N3O2/c1-4-17-6-5-12(9-17)8-15-14(18)7-13-10(2)16-19-11(13)3/h12H,4-9H2,1-3H3,(H,15,18)/t12-/m1/s1. The van der Waals surface area contributed by atoms with Crippen molar-refractivity contribution in [2.24, 2.45) is 5.92 Å². The minimum atomic E-state index is 0.0596. The summed E-state index contributed by atoms with van der Waals surface area (Å²) < 4.78 is 5.07. The first kappa shape index (κ1) is 14.1. The number of aromatic nitrogens is 1. The Morgan fingerprint density at radius 1 is 1.53 bits per heavy atom. The second-order valence-corrected chi connectivity index (χ2v) is 5.33. The molecule has 1 amide bonds. The molecule has 1 aliphatic heterocycles. The zero-order valence-corrected chi connectivity index (χ0v) is 12.0. The number of nitrogens with zero attached hydrogens (tertiary/aromatic N) is 2. The first-order chi connectivity index (χ1) is 9.10. The molecule has 1 N–H and O–H groups in total. The highest BCUT2D eigenvalue weighted by Crippen LogP contribution is 2.15. The number of amides is 1. The molecule has 0 aromatic carbocycles. The van der Waals surface area contributed by atoms with Gasteiger partial charge in [0.05, 0.1) is 12.1 Å². The van der Waals surface area contributed by atoms with Gasteiger partial charge in [-0.05, 0) is 39.3 Å². The number of hydrogen-bond acceptors (Lipinski definition) is 4. The third-order valence-corrected chi connectivity index (χ3v) is 3.92. The molecule has 1 aliphatic rings. The largest absolute Gasteiger partial charge is 0.361 e. The van der Waals surface area contributed by atoms with Crippen LogP contribution in [0.2, 0.25) is 0 Å². The maximum atomic E-state index is 11.9. The minimum absolute atomic E-state index is 0.0596. The minimum Gasteiger partial charge on any atom is -0.361 e. The van der Waals surface area contributed by atoms with Crippen molar-refractivity contribution in [2.75, 3.05) is 26.2 Å². The van der Waals surface area contributed by atoms with Crippen LogP contribution in [-0.2, 0) is 11.2 Å². The zero-order chi connectivity index (χ0) is 13.8. The van der Waals surface area contributed by atoms with Crippen molar-refractivity contribution in [3.63, 3.8) is 0 Å². The number of carbonyl (C=O) groups is 1. The number of nitrogens with one attached hydrogen (secondary N) is 1. The zero-order valence-electron chi connectivity index (χ0n) is 12.0. The van der Waals surface area contributed by atoms with Crippen LogP contribution in [0.15, 0.2) is 4.52 Å². The van der Waals surface area contributed by atoms with Gasteiger partial charge in [-0.3, -0.25) is 4.79 Å². The molecule has 0 saturated carbocycles. The molecule has 0 spiro atoms. The summed E-state index contributed by atoms with van der Waals surface area (Å²) in [7, 11) is 0.